The summed E-state index contributed by atoms with van der Waals surface area (Å²) in [5.41, 5.74) is 2.17. The van der Waals surface area contributed by atoms with Crippen molar-refractivity contribution in [3.05, 3.63) is 42.7 Å². The molecule has 0 aliphatic heterocycles. The highest BCUT2D eigenvalue weighted by molar-refractivity contribution is 5.85. The van der Waals surface area contributed by atoms with Gasteiger partial charge in [0.1, 0.15) is 0 Å². The van der Waals surface area contributed by atoms with Crippen molar-refractivity contribution in [1.82, 2.24) is 24.8 Å². The Morgan fingerprint density at radius 3 is 2.58 bits per heavy atom. The summed E-state index contributed by atoms with van der Waals surface area (Å²) < 4.78 is 0. The average molecular weight is 323 g/mol. The Labute approximate surface area is 141 Å². The maximum absolute atomic E-state index is 4.56. The summed E-state index contributed by atoms with van der Waals surface area (Å²) in [5.74, 6) is 1.20. The maximum Gasteiger partial charge on any atom is 0.226 e. The van der Waals surface area contributed by atoms with E-state index in [2.05, 4.69) is 49.6 Å². The van der Waals surface area contributed by atoms with E-state index in [1.165, 1.54) is 0 Å². The summed E-state index contributed by atoms with van der Waals surface area (Å²) in [6.07, 6.45) is 4.29. The molecule has 0 radical (unpaired) electrons. The van der Waals surface area contributed by atoms with E-state index in [1.807, 2.05) is 30.3 Å². The predicted octanol–water partition coefficient (Wildman–Crippen LogP) is 2.53. The molecule has 3 rings (SSSR count). The van der Waals surface area contributed by atoms with Gasteiger partial charge >= 0.3 is 0 Å². The van der Waals surface area contributed by atoms with Gasteiger partial charge in [-0.2, -0.15) is 9.97 Å². The molecule has 0 amide bonds. The third-order valence-corrected chi connectivity index (χ3v) is 3.43. The molecule has 0 saturated carbocycles. The van der Waals surface area contributed by atoms with Gasteiger partial charge in [0.05, 0.1) is 0 Å². The van der Waals surface area contributed by atoms with Crippen LogP contribution in [0.4, 0.5) is 17.5 Å². The Morgan fingerprint density at radius 1 is 1.00 bits per heavy atom. The van der Waals surface area contributed by atoms with Gasteiger partial charge in [0, 0.05) is 24.6 Å². The highest BCUT2D eigenvalue weighted by atomic mass is 15.2. The Hall–Kier alpha value is -2.80. The fourth-order valence-electron chi connectivity index (χ4n) is 2.28. The normalized spacial score (nSPS) is 11.0. The summed E-state index contributed by atoms with van der Waals surface area (Å²) >= 11 is 0. The largest absolute Gasteiger partial charge is 0.354 e. The molecule has 2 heterocycles. The first-order valence-corrected chi connectivity index (χ1v) is 7.92. The lowest BCUT2D eigenvalue weighted by molar-refractivity contribution is 0.405. The Bertz CT molecular complexity index is 789. The minimum Gasteiger partial charge on any atom is -0.354 e. The van der Waals surface area contributed by atoms with E-state index in [1.54, 1.807) is 12.4 Å². The van der Waals surface area contributed by atoms with Crippen molar-refractivity contribution in [2.24, 2.45) is 0 Å². The molecule has 2 aromatic heterocycles. The van der Waals surface area contributed by atoms with E-state index in [-0.39, 0.29) is 0 Å². The molecule has 2 N–H and O–H groups in total. The summed E-state index contributed by atoms with van der Waals surface area (Å²) in [5, 5.41) is 6.56. The quantitative estimate of drug-likeness (QED) is 0.647. The van der Waals surface area contributed by atoms with Crippen LogP contribution < -0.4 is 10.6 Å². The molecule has 0 aliphatic carbocycles. The van der Waals surface area contributed by atoms with Crippen molar-refractivity contribution in [3.63, 3.8) is 0 Å². The highest BCUT2D eigenvalue weighted by Gasteiger charge is 2.10. The van der Waals surface area contributed by atoms with Gasteiger partial charge < -0.3 is 15.5 Å². The number of anilines is 3. The van der Waals surface area contributed by atoms with E-state index >= 15 is 0 Å². The summed E-state index contributed by atoms with van der Waals surface area (Å²) in [4.78, 5) is 19.8. The Morgan fingerprint density at radius 2 is 1.79 bits per heavy atom. The number of rotatable bonds is 7. The molecule has 0 atom stereocenters. The second-order valence-corrected chi connectivity index (χ2v) is 5.70. The van der Waals surface area contributed by atoms with Crippen LogP contribution in [0.15, 0.2) is 42.7 Å². The van der Waals surface area contributed by atoms with Crippen LogP contribution in [0.25, 0.3) is 11.2 Å². The number of benzene rings is 1. The first-order chi connectivity index (χ1) is 11.7. The average Bonchev–Trinajstić information content (AvgIpc) is 2.59. The molecule has 1 aromatic carbocycles. The zero-order valence-corrected chi connectivity index (χ0v) is 13.9. The molecule has 0 spiro atoms. The summed E-state index contributed by atoms with van der Waals surface area (Å²) in [6.45, 7) is 1.81. The third kappa shape index (κ3) is 4.14. The molecular weight excluding hydrogens is 302 g/mol. The fourth-order valence-corrected chi connectivity index (χ4v) is 2.28. The molecule has 7 nitrogen and oxygen atoms in total. The first-order valence-electron chi connectivity index (χ1n) is 7.92. The maximum atomic E-state index is 4.56. The lowest BCUT2D eigenvalue weighted by Gasteiger charge is -2.12. The number of nitrogens with zero attached hydrogens (tertiary/aromatic N) is 5. The summed E-state index contributed by atoms with van der Waals surface area (Å²) in [7, 11) is 4.12. The molecule has 24 heavy (non-hydrogen) atoms. The molecule has 3 aromatic rings. The Balaban J connectivity index is 1.83. The van der Waals surface area contributed by atoms with E-state index in [4.69, 9.17) is 0 Å². The van der Waals surface area contributed by atoms with Gasteiger partial charge in [-0.1, -0.05) is 18.2 Å². The zero-order valence-electron chi connectivity index (χ0n) is 13.9. The zero-order chi connectivity index (χ0) is 16.8. The molecule has 0 aliphatic rings. The molecule has 0 bridgehead atoms. The minimum atomic E-state index is 0.556. The smallest absolute Gasteiger partial charge is 0.226 e. The second kappa shape index (κ2) is 7.65. The van der Waals surface area contributed by atoms with Gasteiger partial charge in [-0.15, -0.1) is 0 Å². The predicted molar refractivity (Wildman–Crippen MR) is 96.5 cm³/mol. The van der Waals surface area contributed by atoms with Gasteiger partial charge in [0.15, 0.2) is 17.0 Å². The van der Waals surface area contributed by atoms with Crippen LogP contribution in [0.2, 0.25) is 0 Å². The van der Waals surface area contributed by atoms with Crippen LogP contribution in [0.3, 0.4) is 0 Å². The lowest BCUT2D eigenvalue weighted by atomic mass is 10.3. The molecular formula is C17H21N7. The summed E-state index contributed by atoms with van der Waals surface area (Å²) in [6, 6.07) is 9.87. The second-order valence-electron chi connectivity index (χ2n) is 5.70. The monoisotopic (exact) mass is 323 g/mol. The van der Waals surface area contributed by atoms with Crippen molar-refractivity contribution in [2.45, 2.75) is 6.42 Å². The van der Waals surface area contributed by atoms with Crippen molar-refractivity contribution in [1.29, 1.82) is 0 Å². The van der Waals surface area contributed by atoms with E-state index < -0.39 is 0 Å². The van der Waals surface area contributed by atoms with Crippen LogP contribution in [0, 0.1) is 0 Å². The fraction of sp³-hybridized carbons (Fsp3) is 0.294. The van der Waals surface area contributed by atoms with Crippen molar-refractivity contribution in [2.75, 3.05) is 37.8 Å². The van der Waals surface area contributed by atoms with Crippen molar-refractivity contribution in [3.8, 4) is 0 Å². The standard InChI is InChI=1S/C17H21N7/c1-24(2)12-6-9-20-17-22-15-14(18-10-11-19-15)16(23-17)21-13-7-4-3-5-8-13/h3-5,7-8,10-11H,6,9,12H2,1-2H3,(H2,19,20,21,22,23). The van der Waals surface area contributed by atoms with Gasteiger partial charge in [0.2, 0.25) is 5.95 Å². The van der Waals surface area contributed by atoms with Crippen molar-refractivity contribution >= 4 is 28.6 Å². The number of hydrogen-bond donors (Lipinski definition) is 2. The van der Waals surface area contributed by atoms with Gasteiger partial charge in [-0.05, 0) is 39.2 Å². The number of aromatic nitrogens is 4. The van der Waals surface area contributed by atoms with Crippen LogP contribution in [-0.4, -0.2) is 52.0 Å². The Kier molecular flexibility index (Phi) is 5.12. The number of para-hydroxylation sites is 1. The lowest BCUT2D eigenvalue weighted by Crippen LogP contribution is -2.17. The van der Waals surface area contributed by atoms with E-state index in [9.17, 15) is 0 Å². The number of nitrogens with one attached hydrogen (secondary N) is 2. The van der Waals surface area contributed by atoms with Gasteiger partial charge in [-0.3, -0.25) is 0 Å². The van der Waals surface area contributed by atoms with E-state index in [0.29, 0.717) is 22.9 Å². The minimum absolute atomic E-state index is 0.556. The van der Waals surface area contributed by atoms with Gasteiger partial charge in [0.25, 0.3) is 0 Å². The molecule has 0 fully saturated rings. The topological polar surface area (TPSA) is 78.9 Å². The van der Waals surface area contributed by atoms with Gasteiger partial charge in [-0.25, -0.2) is 9.97 Å². The highest BCUT2D eigenvalue weighted by Crippen LogP contribution is 2.22. The number of fused-ring (bicyclic) bond motifs is 1. The van der Waals surface area contributed by atoms with Crippen LogP contribution >= 0.6 is 0 Å². The molecule has 0 saturated heterocycles. The SMILES string of the molecule is CN(C)CCCNc1nc(Nc2ccccc2)c2nccnc2n1. The van der Waals surface area contributed by atoms with Crippen LogP contribution in [0.1, 0.15) is 6.42 Å². The van der Waals surface area contributed by atoms with Crippen LogP contribution in [-0.2, 0) is 0 Å². The van der Waals surface area contributed by atoms with Crippen molar-refractivity contribution < 1.29 is 0 Å². The van der Waals surface area contributed by atoms with Crippen LogP contribution in [0.5, 0.6) is 0 Å². The third-order valence-electron chi connectivity index (χ3n) is 3.43. The molecule has 124 valence electrons. The number of hydrogen-bond acceptors (Lipinski definition) is 7. The molecule has 0 unspecified atom stereocenters. The van der Waals surface area contributed by atoms with E-state index in [0.717, 1.165) is 25.2 Å². The molecule has 7 heteroatoms. The first kappa shape index (κ1) is 16.1.